The average Bonchev–Trinajstić information content (AvgIpc) is 3.79. The zero-order chi connectivity index (χ0) is 33.4. The summed E-state index contributed by atoms with van der Waals surface area (Å²) >= 11 is 1.31. The maximum Gasteiger partial charge on any atom is 0.573 e. The van der Waals surface area contributed by atoms with Crippen molar-refractivity contribution in [1.82, 2.24) is 24.6 Å². The second-order valence-electron chi connectivity index (χ2n) is 11.1. The number of carbonyl (C=O) groups excluding carboxylic acids is 1. The number of sulfonamides is 1. The minimum Gasteiger partial charge on any atom is -0.435 e. The van der Waals surface area contributed by atoms with Gasteiger partial charge in [-0.2, -0.15) is 18.1 Å². The number of rotatable bonds is 12. The van der Waals surface area contributed by atoms with E-state index in [0.29, 0.717) is 28.5 Å². The Labute approximate surface area is 269 Å². The second kappa shape index (κ2) is 12.9. The van der Waals surface area contributed by atoms with Crippen LogP contribution in [0.4, 0.5) is 27.1 Å². The van der Waals surface area contributed by atoms with E-state index in [-0.39, 0.29) is 43.4 Å². The molecule has 2 aromatic heterocycles. The standard InChI is InChI=1S/C29H27F5N6O5S2/c30-26(31)44-20-7-9-22(10-8-20)47(42,43)40-12-11-39(27-38-25-23(46-27)14-36-24(37-25)19-3-4-19)16-28(40,17-41)15-35-13-18-1-5-21(6-2-18)45-29(32,33)34/h1-2,5-10,14,17,19,26,35H,3-4,11-13,15-16H2. The van der Waals surface area contributed by atoms with Gasteiger partial charge in [0, 0.05) is 38.6 Å². The molecule has 4 aromatic rings. The molecule has 47 heavy (non-hydrogen) atoms. The summed E-state index contributed by atoms with van der Waals surface area (Å²) in [4.78, 5) is 28.3. The number of alkyl halides is 5. The molecule has 250 valence electrons. The molecule has 0 amide bonds. The Morgan fingerprint density at radius 1 is 1.04 bits per heavy atom. The first-order chi connectivity index (χ1) is 22.3. The van der Waals surface area contributed by atoms with Crippen molar-refractivity contribution >= 4 is 43.1 Å². The third-order valence-corrected chi connectivity index (χ3v) is 10.7. The van der Waals surface area contributed by atoms with Crippen LogP contribution in [0, 0.1) is 0 Å². The molecule has 6 rings (SSSR count). The lowest BCUT2D eigenvalue weighted by Gasteiger charge is -2.46. The number of thiazole rings is 1. The fourth-order valence-corrected chi connectivity index (χ4v) is 7.89. The Kier molecular flexibility index (Phi) is 9.03. The number of fused-ring (bicyclic) bond motifs is 1. The molecular formula is C29H27F5N6O5S2. The lowest BCUT2D eigenvalue weighted by Crippen LogP contribution is -2.68. The fourth-order valence-electron chi connectivity index (χ4n) is 5.29. The number of benzene rings is 2. The van der Waals surface area contributed by atoms with Gasteiger partial charge in [-0.25, -0.2) is 18.4 Å². The Morgan fingerprint density at radius 2 is 1.74 bits per heavy atom. The van der Waals surface area contributed by atoms with E-state index in [4.69, 9.17) is 0 Å². The van der Waals surface area contributed by atoms with Crippen molar-refractivity contribution in [3.05, 3.63) is 66.1 Å². The normalized spacial score (nSPS) is 19.3. The van der Waals surface area contributed by atoms with Gasteiger partial charge < -0.3 is 24.5 Å². The highest BCUT2D eigenvalue weighted by atomic mass is 32.2. The highest BCUT2D eigenvalue weighted by Crippen LogP contribution is 2.39. The van der Waals surface area contributed by atoms with Crippen LogP contribution in [0.25, 0.3) is 10.3 Å². The molecule has 0 bridgehead atoms. The molecule has 1 aliphatic carbocycles. The van der Waals surface area contributed by atoms with Crippen molar-refractivity contribution < 1.29 is 44.6 Å². The number of hydrogen-bond donors (Lipinski definition) is 1. The van der Waals surface area contributed by atoms with E-state index < -0.39 is 34.3 Å². The lowest BCUT2D eigenvalue weighted by atomic mass is 9.98. The van der Waals surface area contributed by atoms with Gasteiger partial charge in [0.15, 0.2) is 10.8 Å². The summed E-state index contributed by atoms with van der Waals surface area (Å²) in [5.74, 6) is 0.402. The first kappa shape index (κ1) is 32.9. The zero-order valence-electron chi connectivity index (χ0n) is 24.4. The van der Waals surface area contributed by atoms with Crippen molar-refractivity contribution in [2.45, 2.75) is 48.7 Å². The van der Waals surface area contributed by atoms with Gasteiger partial charge in [0.2, 0.25) is 10.0 Å². The highest BCUT2D eigenvalue weighted by Gasteiger charge is 2.48. The Bertz CT molecular complexity index is 1840. The predicted molar refractivity (Wildman–Crippen MR) is 160 cm³/mol. The largest absolute Gasteiger partial charge is 0.573 e. The van der Waals surface area contributed by atoms with Gasteiger partial charge >= 0.3 is 13.0 Å². The summed E-state index contributed by atoms with van der Waals surface area (Å²) < 4.78 is 101. The van der Waals surface area contributed by atoms with Crippen LogP contribution in [0.1, 0.15) is 30.1 Å². The van der Waals surface area contributed by atoms with E-state index in [1.807, 2.05) is 0 Å². The summed E-state index contributed by atoms with van der Waals surface area (Å²) in [7, 11) is -4.35. The van der Waals surface area contributed by atoms with Gasteiger partial charge in [0.25, 0.3) is 0 Å². The number of halogens is 5. The van der Waals surface area contributed by atoms with E-state index >= 15 is 0 Å². The van der Waals surface area contributed by atoms with E-state index in [2.05, 4.69) is 29.7 Å². The monoisotopic (exact) mass is 698 g/mol. The Hall–Kier alpha value is -4.00. The number of aromatic nitrogens is 3. The summed E-state index contributed by atoms with van der Waals surface area (Å²) in [5.41, 5.74) is -0.624. The average molecular weight is 699 g/mol. The lowest BCUT2D eigenvalue weighted by molar-refractivity contribution is -0.274. The smallest absolute Gasteiger partial charge is 0.435 e. The molecule has 11 nitrogen and oxygen atoms in total. The third-order valence-electron chi connectivity index (χ3n) is 7.68. The molecule has 1 atom stereocenters. The van der Waals surface area contributed by atoms with Crippen LogP contribution in [-0.2, 0) is 21.4 Å². The van der Waals surface area contributed by atoms with Crippen LogP contribution >= 0.6 is 11.3 Å². The number of nitrogens with zero attached hydrogens (tertiary/aromatic N) is 5. The Balaban J connectivity index is 1.26. The number of anilines is 1. The summed E-state index contributed by atoms with van der Waals surface area (Å²) in [5, 5.41) is 3.60. The van der Waals surface area contributed by atoms with Crippen LogP contribution in [0.15, 0.2) is 59.6 Å². The van der Waals surface area contributed by atoms with E-state index in [0.717, 1.165) is 64.1 Å². The van der Waals surface area contributed by atoms with Crippen LogP contribution in [0.3, 0.4) is 0 Å². The highest BCUT2D eigenvalue weighted by molar-refractivity contribution is 7.89. The van der Waals surface area contributed by atoms with Gasteiger partial charge in [-0.15, -0.1) is 13.2 Å². The summed E-state index contributed by atoms with van der Waals surface area (Å²) in [6.07, 6.45) is -0.568. The van der Waals surface area contributed by atoms with Crippen molar-refractivity contribution in [2.75, 3.05) is 31.1 Å². The molecule has 2 fully saturated rings. The molecule has 0 radical (unpaired) electrons. The van der Waals surface area contributed by atoms with Crippen LogP contribution in [0.5, 0.6) is 11.5 Å². The predicted octanol–water partition coefficient (Wildman–Crippen LogP) is 4.70. The van der Waals surface area contributed by atoms with E-state index in [1.54, 1.807) is 11.1 Å². The SMILES string of the molecule is O=CC1(CNCc2ccc(OC(F)(F)F)cc2)CN(c2nc3nc(C4CC4)ncc3s2)CCN1S(=O)(=O)c1ccc(OC(F)F)cc1. The minimum atomic E-state index is -4.84. The van der Waals surface area contributed by atoms with Gasteiger partial charge in [0.1, 0.15) is 29.1 Å². The van der Waals surface area contributed by atoms with E-state index in [9.17, 15) is 35.2 Å². The number of ether oxygens (including phenoxy) is 2. The van der Waals surface area contributed by atoms with Gasteiger partial charge in [-0.05, 0) is 54.8 Å². The number of aldehydes is 1. The topological polar surface area (TPSA) is 127 Å². The zero-order valence-corrected chi connectivity index (χ0v) is 26.0. The van der Waals surface area contributed by atoms with Crippen LogP contribution in [-0.4, -0.2) is 78.7 Å². The van der Waals surface area contributed by atoms with Crippen LogP contribution in [0.2, 0.25) is 0 Å². The van der Waals surface area contributed by atoms with Crippen molar-refractivity contribution in [3.8, 4) is 11.5 Å². The number of piperazine rings is 1. The van der Waals surface area contributed by atoms with Crippen molar-refractivity contribution in [3.63, 3.8) is 0 Å². The Morgan fingerprint density at radius 3 is 2.38 bits per heavy atom. The van der Waals surface area contributed by atoms with Crippen LogP contribution < -0.4 is 19.7 Å². The quantitative estimate of drug-likeness (QED) is 0.164. The summed E-state index contributed by atoms with van der Waals surface area (Å²) in [6, 6.07) is 9.54. The molecule has 0 spiro atoms. The summed E-state index contributed by atoms with van der Waals surface area (Å²) in [6.45, 7) is -3.26. The van der Waals surface area contributed by atoms with E-state index in [1.165, 1.54) is 23.5 Å². The molecule has 2 aliphatic rings. The first-order valence-electron chi connectivity index (χ1n) is 14.3. The molecule has 1 unspecified atom stereocenters. The molecule has 18 heteroatoms. The van der Waals surface area contributed by atoms with Gasteiger partial charge in [-0.3, -0.25) is 0 Å². The van der Waals surface area contributed by atoms with Crippen molar-refractivity contribution in [1.29, 1.82) is 0 Å². The van der Waals surface area contributed by atoms with Gasteiger partial charge in [-0.1, -0.05) is 23.5 Å². The van der Waals surface area contributed by atoms with Crippen molar-refractivity contribution in [2.24, 2.45) is 0 Å². The number of hydrogen-bond acceptors (Lipinski definition) is 11. The molecule has 3 heterocycles. The molecule has 2 aromatic carbocycles. The molecule has 1 saturated heterocycles. The number of nitrogens with one attached hydrogen (secondary N) is 1. The minimum absolute atomic E-state index is 0.0795. The molecule has 1 N–H and O–H groups in total. The van der Waals surface area contributed by atoms with Gasteiger partial charge in [0.05, 0.1) is 15.8 Å². The third kappa shape index (κ3) is 7.45. The second-order valence-corrected chi connectivity index (χ2v) is 13.9. The first-order valence-corrected chi connectivity index (χ1v) is 16.6. The maximum atomic E-state index is 14.0. The molecule has 1 aliphatic heterocycles. The fraction of sp³-hybridized carbons (Fsp3) is 0.379. The maximum absolute atomic E-state index is 14.0. The number of carbonyl (C=O) groups is 1. The molecule has 1 saturated carbocycles. The molecular weight excluding hydrogens is 671 g/mol.